The minimum absolute atomic E-state index is 3.38. The van der Waals surface area contributed by atoms with Crippen molar-refractivity contribution in [2.45, 2.75) is 0 Å². The van der Waals surface area contributed by atoms with Gasteiger partial charge in [-0.2, -0.15) is 0 Å². The molecule has 0 atom stereocenters. The van der Waals surface area contributed by atoms with Crippen LogP contribution in [0.25, 0.3) is 0 Å². The predicted octanol–water partition coefficient (Wildman–Crippen LogP) is -7.18. The van der Waals surface area contributed by atoms with Gasteiger partial charge in [0.1, 0.15) is 0 Å². The molecule has 0 saturated carbocycles. The zero-order valence-electron chi connectivity index (χ0n) is 5.81. The summed E-state index contributed by atoms with van der Waals surface area (Å²) >= 11 is -6.89. The third-order valence-electron chi connectivity index (χ3n) is 0.241. The van der Waals surface area contributed by atoms with Crippen molar-refractivity contribution in [3.8, 4) is 0 Å². The molecule has 12 N–H and O–H groups in total. The predicted molar refractivity (Wildman–Crippen MR) is 26.2 cm³/mol. The molecule has 12 heavy (non-hydrogen) atoms. The Morgan fingerprint density at radius 2 is 1.08 bits per heavy atom. The average molecular weight is 255 g/mol. The number of hydrogen-bond donors (Lipinski definition) is 6. The molecule has 82 valence electrons. The SMILES string of the molecule is [NH2][Co]([NH2])([NH2])([NH2])([NH2])([NH2])[O][Cl+3]([O-])([O-])[O-]. The quantitative estimate of drug-likeness (QED) is 0.272. The first-order valence-electron chi connectivity index (χ1n) is 1.91. The zero-order valence-corrected chi connectivity index (χ0v) is 7.61. The molecule has 0 radical (unpaired) electrons. The molecule has 0 rings (SSSR count). The fourth-order valence-corrected chi connectivity index (χ4v) is 2.70. The molecule has 0 aliphatic heterocycles. The van der Waals surface area contributed by atoms with Gasteiger partial charge in [-0.05, 0) is 0 Å². The van der Waals surface area contributed by atoms with Gasteiger partial charge in [0, 0.05) is 0 Å². The normalized spacial score (nSPS) is 23.6. The molecule has 10 nitrogen and oxygen atoms in total. The van der Waals surface area contributed by atoms with Crippen LogP contribution < -0.4 is 42.7 Å². The topological polar surface area (TPSA) is 235 Å². The Morgan fingerprint density at radius 3 is 1.08 bits per heavy atom. The van der Waals surface area contributed by atoms with Crippen molar-refractivity contribution in [1.82, 2.24) is 0 Å². The van der Waals surface area contributed by atoms with E-state index in [9.17, 15) is 14.0 Å². The van der Waals surface area contributed by atoms with Crippen LogP contribution in [0.2, 0.25) is 0 Å². The molecule has 0 aromatic rings. The van der Waals surface area contributed by atoms with Crippen LogP contribution in [-0.4, -0.2) is 0 Å². The Morgan fingerprint density at radius 1 is 0.833 bits per heavy atom. The van der Waals surface area contributed by atoms with Crippen molar-refractivity contribution in [3.05, 3.63) is 0 Å². The molecule has 0 aliphatic rings. The van der Waals surface area contributed by atoms with Gasteiger partial charge in [0.15, 0.2) is 0 Å². The number of hydrogen-bond acceptors (Lipinski definition) is 10. The third kappa shape index (κ3) is 10.4. The fraction of sp³-hybridized carbons (Fsp3) is 0. The van der Waals surface area contributed by atoms with E-state index in [1.165, 1.54) is 0 Å². The van der Waals surface area contributed by atoms with Gasteiger partial charge in [0.25, 0.3) is 0 Å². The van der Waals surface area contributed by atoms with Crippen molar-refractivity contribution >= 4 is 0 Å². The van der Waals surface area contributed by atoms with E-state index in [4.69, 9.17) is 28.7 Å². The monoisotopic (exact) mass is 254 g/mol. The molecule has 12 heteroatoms. The molecular weight excluding hydrogens is 242 g/mol. The van der Waals surface area contributed by atoms with Gasteiger partial charge in [-0.1, -0.05) is 0 Å². The first-order valence-corrected chi connectivity index (χ1v) is 7.17. The molecular formula is H12ClCoN6O4. The zero-order chi connectivity index (χ0) is 10.6. The molecule has 0 aromatic heterocycles. The number of halogens is 1. The van der Waals surface area contributed by atoms with Gasteiger partial charge in [-0.3, -0.25) is 0 Å². The first-order chi connectivity index (χ1) is 4.39. The van der Waals surface area contributed by atoms with Crippen molar-refractivity contribution < 1.29 is 38.7 Å². The number of rotatable bonds is 2. The molecule has 0 fully saturated rings. The Hall–Kier alpha value is 0.396. The molecule has 0 saturated heterocycles. The van der Waals surface area contributed by atoms with Crippen LogP contribution in [0, 0.1) is 10.2 Å². The Balaban J connectivity index is 5.18. The van der Waals surface area contributed by atoms with E-state index in [2.05, 4.69) is 3.40 Å². The Bertz CT molecular complexity index is 205. The van der Waals surface area contributed by atoms with Crippen LogP contribution in [0.1, 0.15) is 0 Å². The first kappa shape index (κ1) is 12.4. The molecule has 0 bridgehead atoms. The summed E-state index contributed by atoms with van der Waals surface area (Å²) in [5.74, 6) is 0. The van der Waals surface area contributed by atoms with E-state index in [1.54, 1.807) is 0 Å². The second-order valence-electron chi connectivity index (χ2n) is 2.57. The molecule has 0 amide bonds. The van der Waals surface area contributed by atoms with E-state index >= 15 is 0 Å². The average Bonchev–Trinajstić information content (AvgIpc) is 1.02. The van der Waals surface area contributed by atoms with E-state index in [-0.39, 0.29) is 0 Å². The Labute approximate surface area is 68.0 Å². The van der Waals surface area contributed by atoms with E-state index < -0.39 is 21.4 Å². The molecule has 0 spiro atoms. The van der Waals surface area contributed by atoms with Gasteiger partial charge in [0.2, 0.25) is 0 Å². The van der Waals surface area contributed by atoms with Gasteiger partial charge in [-0.25, -0.2) is 0 Å². The summed E-state index contributed by atoms with van der Waals surface area (Å²) in [6.07, 6.45) is 0. The maximum atomic E-state index is 10.0. The third-order valence-corrected chi connectivity index (χ3v) is 2.98. The second-order valence-corrected chi connectivity index (χ2v) is 10.6. The van der Waals surface area contributed by atoms with Crippen LogP contribution in [0.3, 0.4) is 0 Å². The maximum absolute atomic E-state index is 10.0. The fourth-order valence-electron chi connectivity index (χ4n) is 0.218. The summed E-state index contributed by atoms with van der Waals surface area (Å²) < 4.78 is 33.4. The summed E-state index contributed by atoms with van der Waals surface area (Å²) in [6, 6.07) is 0. The molecule has 0 aliphatic carbocycles. The van der Waals surface area contributed by atoms with Crippen molar-refractivity contribution in [2.75, 3.05) is 0 Å². The summed E-state index contributed by atoms with van der Waals surface area (Å²) in [5.41, 5.74) is 0. The van der Waals surface area contributed by atoms with Gasteiger partial charge < -0.3 is 0 Å². The summed E-state index contributed by atoms with van der Waals surface area (Å²) in [5, 5.41) is 0. The molecule has 0 aromatic carbocycles. The summed E-state index contributed by atoms with van der Waals surface area (Å²) in [6.45, 7) is 0. The Kier molecular flexibility index (Phi) is 1.58. The summed E-state index contributed by atoms with van der Waals surface area (Å²) in [4.78, 5) is 28.6. The van der Waals surface area contributed by atoms with E-state index in [0.29, 0.717) is 0 Å². The second kappa shape index (κ2) is 1.53. The van der Waals surface area contributed by atoms with E-state index in [1.807, 2.05) is 0 Å². The van der Waals surface area contributed by atoms with Crippen molar-refractivity contribution in [2.24, 2.45) is 28.7 Å². The van der Waals surface area contributed by atoms with Crippen molar-refractivity contribution in [3.63, 3.8) is 0 Å². The van der Waals surface area contributed by atoms with Crippen LogP contribution in [0.5, 0.6) is 0 Å². The van der Waals surface area contributed by atoms with Gasteiger partial charge in [-0.15, -0.1) is 0 Å². The number of nitrogens with two attached hydrogens (primary N) is 6. The van der Waals surface area contributed by atoms with Crippen LogP contribution in [-0.2, 0) is 14.5 Å². The van der Waals surface area contributed by atoms with E-state index in [0.717, 1.165) is 0 Å². The van der Waals surface area contributed by atoms with Crippen LogP contribution >= 0.6 is 0 Å². The van der Waals surface area contributed by atoms with Gasteiger partial charge in [0.05, 0.1) is 0 Å². The van der Waals surface area contributed by atoms with Crippen LogP contribution in [0.15, 0.2) is 0 Å². The molecule has 0 heterocycles. The molecule has 0 unspecified atom stereocenters. The van der Waals surface area contributed by atoms with Crippen LogP contribution in [0.4, 0.5) is 0 Å². The summed E-state index contributed by atoms with van der Waals surface area (Å²) in [7, 11) is -5.12. The van der Waals surface area contributed by atoms with Crippen molar-refractivity contribution in [1.29, 1.82) is 0 Å². The minimum atomic E-state index is -6.89. The van der Waals surface area contributed by atoms with Gasteiger partial charge >= 0.3 is 67.4 Å². The standard InChI is InChI=1S/ClHO4.Co.6H2N/c2-1(3,4)5;;;;;;;/h(H,2,3,4,5);;6*1H2/q;+7;6*-1/p-1.